The summed E-state index contributed by atoms with van der Waals surface area (Å²) in [4.78, 5) is 0. The van der Waals surface area contributed by atoms with Crippen LogP contribution in [-0.2, 0) is 0 Å². The zero-order valence-electron chi connectivity index (χ0n) is 8.17. The van der Waals surface area contributed by atoms with Crippen molar-refractivity contribution in [2.45, 2.75) is 13.8 Å². The zero-order chi connectivity index (χ0) is 9.56. The first-order valence-corrected chi connectivity index (χ1v) is 5.77. The van der Waals surface area contributed by atoms with Gasteiger partial charge in [0, 0.05) is 0 Å². The van der Waals surface area contributed by atoms with Gasteiger partial charge in [0.25, 0.3) is 0 Å². The molecule has 0 aliphatic carbocycles. The van der Waals surface area contributed by atoms with E-state index in [9.17, 15) is 0 Å². The minimum absolute atomic E-state index is 0.206. The third-order valence-corrected chi connectivity index (χ3v) is 3.90. The number of hydrogen-bond donors (Lipinski definition) is 0. The van der Waals surface area contributed by atoms with Crippen LogP contribution in [-0.4, -0.2) is 6.66 Å². The molecular formula is C11H17P. The van der Waals surface area contributed by atoms with E-state index in [-0.39, 0.29) is 7.92 Å². The minimum Gasteiger partial charge on any atom is -0.0991 e. The van der Waals surface area contributed by atoms with Crippen molar-refractivity contribution >= 4 is 7.92 Å². The van der Waals surface area contributed by atoms with Crippen LogP contribution in [0.5, 0.6) is 0 Å². The first kappa shape index (κ1) is 11.4. The highest BCUT2D eigenvalue weighted by Crippen LogP contribution is 2.48. The van der Waals surface area contributed by atoms with Crippen LogP contribution in [0.2, 0.25) is 0 Å². The van der Waals surface area contributed by atoms with E-state index in [0.29, 0.717) is 0 Å². The monoisotopic (exact) mass is 180 g/mol. The van der Waals surface area contributed by atoms with Gasteiger partial charge in [-0.15, -0.1) is 0 Å². The SMILES string of the molecule is C=C/C=C(\C)P(C)C(=C)/C=C\C. The van der Waals surface area contributed by atoms with Crippen LogP contribution < -0.4 is 0 Å². The van der Waals surface area contributed by atoms with Crippen molar-refractivity contribution in [3.05, 3.63) is 48.1 Å². The molecule has 0 nitrogen and oxygen atoms in total. The lowest BCUT2D eigenvalue weighted by atomic mass is 10.5. The minimum atomic E-state index is -0.206. The summed E-state index contributed by atoms with van der Waals surface area (Å²) < 4.78 is 0. The molecule has 1 atom stereocenters. The van der Waals surface area contributed by atoms with Crippen LogP contribution in [0.3, 0.4) is 0 Å². The zero-order valence-corrected chi connectivity index (χ0v) is 9.07. The maximum absolute atomic E-state index is 4.01. The smallest absolute Gasteiger partial charge is 0.0276 e. The van der Waals surface area contributed by atoms with Crippen molar-refractivity contribution in [3.8, 4) is 0 Å². The Labute approximate surface area is 77.1 Å². The topological polar surface area (TPSA) is 0 Å². The molecule has 1 heteroatoms. The van der Waals surface area contributed by atoms with E-state index < -0.39 is 0 Å². The second-order valence-corrected chi connectivity index (χ2v) is 4.99. The fourth-order valence-electron chi connectivity index (χ4n) is 0.813. The summed E-state index contributed by atoms with van der Waals surface area (Å²) in [6.07, 6.45) is 7.99. The molecule has 0 saturated carbocycles. The Hall–Kier alpha value is -0.610. The van der Waals surface area contributed by atoms with Gasteiger partial charge >= 0.3 is 0 Å². The van der Waals surface area contributed by atoms with Crippen molar-refractivity contribution in [2.75, 3.05) is 6.66 Å². The van der Waals surface area contributed by atoms with Crippen LogP contribution >= 0.6 is 7.92 Å². The third kappa shape index (κ3) is 3.69. The average Bonchev–Trinajstić information content (AvgIpc) is 2.04. The van der Waals surface area contributed by atoms with E-state index in [0.717, 1.165) is 0 Å². The summed E-state index contributed by atoms with van der Waals surface area (Å²) >= 11 is 0. The Morgan fingerprint density at radius 3 is 2.42 bits per heavy atom. The summed E-state index contributed by atoms with van der Waals surface area (Å²) in [7, 11) is -0.206. The molecular weight excluding hydrogens is 163 g/mol. The van der Waals surface area contributed by atoms with Gasteiger partial charge in [0.2, 0.25) is 0 Å². The molecule has 0 bridgehead atoms. The van der Waals surface area contributed by atoms with E-state index >= 15 is 0 Å². The summed E-state index contributed by atoms with van der Waals surface area (Å²) in [6, 6.07) is 0. The normalized spacial score (nSPS) is 14.8. The molecule has 0 radical (unpaired) electrons. The third-order valence-electron chi connectivity index (χ3n) is 1.68. The van der Waals surface area contributed by atoms with E-state index in [1.807, 2.05) is 19.1 Å². The van der Waals surface area contributed by atoms with E-state index in [1.165, 1.54) is 10.6 Å². The summed E-state index contributed by atoms with van der Waals surface area (Å²) in [5.74, 6) is 0. The van der Waals surface area contributed by atoms with Crippen LogP contribution in [0, 0.1) is 0 Å². The summed E-state index contributed by atoms with van der Waals surface area (Å²) in [5, 5.41) is 2.58. The molecule has 66 valence electrons. The standard InChI is InChI=1S/C11H17P/c1-6-8-10(3)12(5)11(4)9-7-2/h6-9H,1,4H2,2-3,5H3/b9-7-,10-8+. The van der Waals surface area contributed by atoms with E-state index in [1.54, 1.807) is 0 Å². The Bertz CT molecular complexity index is 221. The van der Waals surface area contributed by atoms with Crippen LogP contribution in [0.4, 0.5) is 0 Å². The molecule has 0 fully saturated rings. The molecule has 0 saturated heterocycles. The van der Waals surface area contributed by atoms with E-state index in [2.05, 4.69) is 38.9 Å². The van der Waals surface area contributed by atoms with Gasteiger partial charge in [-0.2, -0.15) is 0 Å². The van der Waals surface area contributed by atoms with Gasteiger partial charge in [-0.3, -0.25) is 0 Å². The van der Waals surface area contributed by atoms with E-state index in [4.69, 9.17) is 0 Å². The van der Waals surface area contributed by atoms with Crippen LogP contribution in [0.25, 0.3) is 0 Å². The molecule has 0 aromatic heterocycles. The molecule has 0 spiro atoms. The highest BCUT2D eigenvalue weighted by atomic mass is 31.1. The average molecular weight is 180 g/mol. The first-order valence-electron chi connectivity index (χ1n) is 3.98. The Kier molecular flexibility index (Phi) is 5.66. The molecule has 0 aliphatic heterocycles. The van der Waals surface area contributed by atoms with Crippen molar-refractivity contribution in [1.29, 1.82) is 0 Å². The number of allylic oxidation sites excluding steroid dienone is 6. The van der Waals surface area contributed by atoms with Crippen molar-refractivity contribution in [1.82, 2.24) is 0 Å². The lowest BCUT2D eigenvalue weighted by Crippen LogP contribution is -1.76. The first-order chi connectivity index (χ1) is 5.63. The lowest BCUT2D eigenvalue weighted by molar-refractivity contribution is 1.64. The van der Waals surface area contributed by atoms with Gasteiger partial charge in [0.1, 0.15) is 0 Å². The molecule has 12 heavy (non-hydrogen) atoms. The molecule has 0 heterocycles. The Morgan fingerprint density at radius 1 is 1.42 bits per heavy atom. The van der Waals surface area contributed by atoms with Crippen LogP contribution in [0.1, 0.15) is 13.8 Å². The Balaban J connectivity index is 4.38. The van der Waals surface area contributed by atoms with Crippen LogP contribution in [0.15, 0.2) is 48.1 Å². The quantitative estimate of drug-likeness (QED) is 0.447. The van der Waals surface area contributed by atoms with Gasteiger partial charge in [0.15, 0.2) is 0 Å². The lowest BCUT2D eigenvalue weighted by Gasteiger charge is -2.12. The largest absolute Gasteiger partial charge is 0.0991 e. The van der Waals surface area contributed by atoms with Gasteiger partial charge in [-0.05, 0) is 31.1 Å². The van der Waals surface area contributed by atoms with Crippen molar-refractivity contribution < 1.29 is 0 Å². The number of hydrogen-bond acceptors (Lipinski definition) is 0. The van der Waals surface area contributed by atoms with Gasteiger partial charge < -0.3 is 0 Å². The van der Waals surface area contributed by atoms with Gasteiger partial charge in [-0.25, -0.2) is 0 Å². The van der Waals surface area contributed by atoms with Gasteiger partial charge in [0.05, 0.1) is 0 Å². The highest BCUT2D eigenvalue weighted by Gasteiger charge is 2.03. The Morgan fingerprint density at radius 2 is 2.00 bits per heavy atom. The predicted octanol–water partition coefficient (Wildman–Crippen LogP) is 4.28. The molecule has 0 amide bonds. The summed E-state index contributed by atoms with van der Waals surface area (Å²) in [5.41, 5.74) is 0. The molecule has 0 aliphatic rings. The maximum Gasteiger partial charge on any atom is -0.0276 e. The molecule has 0 rings (SSSR count). The highest BCUT2D eigenvalue weighted by molar-refractivity contribution is 7.65. The second kappa shape index (κ2) is 5.97. The fraction of sp³-hybridized carbons (Fsp3) is 0.273. The number of rotatable bonds is 4. The molecule has 0 N–H and O–H groups in total. The molecule has 1 unspecified atom stereocenters. The molecule has 0 aromatic carbocycles. The predicted molar refractivity (Wildman–Crippen MR) is 60.8 cm³/mol. The van der Waals surface area contributed by atoms with Crippen molar-refractivity contribution in [3.63, 3.8) is 0 Å². The van der Waals surface area contributed by atoms with Gasteiger partial charge in [-0.1, -0.05) is 45.4 Å². The molecule has 0 aromatic rings. The fourth-order valence-corrected chi connectivity index (χ4v) is 1.97. The second-order valence-electron chi connectivity index (χ2n) is 2.59. The maximum atomic E-state index is 4.01. The summed E-state index contributed by atoms with van der Waals surface area (Å²) in [6.45, 7) is 14.0. The van der Waals surface area contributed by atoms with Crippen molar-refractivity contribution in [2.24, 2.45) is 0 Å².